The fraction of sp³-hybridized carbons (Fsp3) is 0.0714. The fourth-order valence-corrected chi connectivity index (χ4v) is 1.61. The van der Waals surface area contributed by atoms with Gasteiger partial charge in [0.2, 0.25) is 0 Å². The average Bonchev–Trinajstić information content (AvgIpc) is 2.54. The predicted octanol–water partition coefficient (Wildman–Crippen LogP) is 1.24. The van der Waals surface area contributed by atoms with Crippen molar-refractivity contribution in [3.63, 3.8) is 0 Å². The fourth-order valence-electron chi connectivity index (χ4n) is 1.61. The molecule has 8 nitrogen and oxygen atoms in total. The zero-order valence-electron chi connectivity index (χ0n) is 11.4. The molecule has 2 amide bonds. The maximum absolute atomic E-state index is 11.7. The van der Waals surface area contributed by atoms with Crippen molar-refractivity contribution in [3.8, 4) is 0 Å². The lowest BCUT2D eigenvalue weighted by molar-refractivity contribution is -0.384. The van der Waals surface area contributed by atoms with E-state index in [0.717, 1.165) is 0 Å². The van der Waals surface area contributed by atoms with Crippen molar-refractivity contribution >= 4 is 23.2 Å². The predicted molar refractivity (Wildman–Crippen MR) is 77.8 cm³/mol. The number of nitrogens with zero attached hydrogens (tertiary/aromatic N) is 2. The average molecular weight is 300 g/mol. The molecule has 0 spiro atoms. The van der Waals surface area contributed by atoms with Gasteiger partial charge >= 0.3 is 11.8 Å². The van der Waals surface area contributed by atoms with Crippen LogP contribution in [0.4, 0.5) is 11.4 Å². The molecule has 0 aliphatic heterocycles. The van der Waals surface area contributed by atoms with E-state index in [0.29, 0.717) is 11.4 Å². The van der Waals surface area contributed by atoms with Crippen LogP contribution in [0.3, 0.4) is 0 Å². The summed E-state index contributed by atoms with van der Waals surface area (Å²) in [5, 5.41) is 15.3. The van der Waals surface area contributed by atoms with E-state index in [4.69, 9.17) is 0 Å². The number of nitrogens with one attached hydrogen (secondary N) is 2. The van der Waals surface area contributed by atoms with E-state index in [1.807, 2.05) is 0 Å². The van der Waals surface area contributed by atoms with Gasteiger partial charge in [0.1, 0.15) is 0 Å². The number of hydrogen-bond donors (Lipinski definition) is 2. The lowest BCUT2D eigenvalue weighted by Gasteiger charge is -2.06. The molecule has 2 rings (SSSR count). The summed E-state index contributed by atoms with van der Waals surface area (Å²) in [6.45, 7) is 0.132. The van der Waals surface area contributed by atoms with Crippen molar-refractivity contribution in [2.45, 2.75) is 6.54 Å². The summed E-state index contributed by atoms with van der Waals surface area (Å²) in [7, 11) is 0. The van der Waals surface area contributed by atoms with Crippen LogP contribution in [0.25, 0.3) is 0 Å². The summed E-state index contributed by atoms with van der Waals surface area (Å²) >= 11 is 0. The number of aromatic nitrogens is 1. The van der Waals surface area contributed by atoms with Gasteiger partial charge in [-0.2, -0.15) is 0 Å². The molecule has 0 bridgehead atoms. The number of carbonyl (C=O) groups excluding carboxylic acids is 2. The summed E-state index contributed by atoms with van der Waals surface area (Å²) in [6, 6.07) is 10.4. The molecule has 0 fully saturated rings. The Hall–Kier alpha value is -3.29. The molecule has 0 saturated heterocycles. The van der Waals surface area contributed by atoms with Crippen LogP contribution in [0.15, 0.2) is 48.7 Å². The van der Waals surface area contributed by atoms with Crippen LogP contribution in [0, 0.1) is 10.1 Å². The van der Waals surface area contributed by atoms with Gasteiger partial charge in [-0.05, 0) is 24.3 Å². The third-order valence-corrected chi connectivity index (χ3v) is 2.70. The third kappa shape index (κ3) is 4.10. The highest BCUT2D eigenvalue weighted by Crippen LogP contribution is 2.15. The van der Waals surface area contributed by atoms with Gasteiger partial charge in [0.25, 0.3) is 5.69 Å². The van der Waals surface area contributed by atoms with Gasteiger partial charge in [0.05, 0.1) is 17.2 Å². The maximum atomic E-state index is 11.7. The van der Waals surface area contributed by atoms with Gasteiger partial charge in [-0.3, -0.25) is 24.7 Å². The molecular weight excluding hydrogens is 288 g/mol. The molecule has 0 aliphatic carbocycles. The molecule has 0 atom stereocenters. The second-order valence-electron chi connectivity index (χ2n) is 4.26. The Morgan fingerprint density at radius 2 is 1.82 bits per heavy atom. The number of amides is 2. The molecule has 1 heterocycles. The Bertz CT molecular complexity index is 686. The van der Waals surface area contributed by atoms with Crippen LogP contribution in [0.2, 0.25) is 0 Å². The SMILES string of the molecule is O=C(NCc1ccccn1)C(=O)Nc1ccc([N+](=O)[O-])cc1. The van der Waals surface area contributed by atoms with Gasteiger partial charge < -0.3 is 10.6 Å². The third-order valence-electron chi connectivity index (χ3n) is 2.70. The quantitative estimate of drug-likeness (QED) is 0.501. The first kappa shape index (κ1) is 15.1. The van der Waals surface area contributed by atoms with Crippen molar-refractivity contribution in [3.05, 3.63) is 64.5 Å². The second-order valence-corrected chi connectivity index (χ2v) is 4.26. The molecule has 1 aromatic carbocycles. The number of carbonyl (C=O) groups is 2. The number of pyridine rings is 1. The molecule has 0 aliphatic rings. The monoisotopic (exact) mass is 300 g/mol. The molecule has 8 heteroatoms. The zero-order valence-corrected chi connectivity index (χ0v) is 11.4. The number of nitro benzene ring substituents is 1. The van der Waals surface area contributed by atoms with E-state index in [1.165, 1.54) is 24.3 Å². The van der Waals surface area contributed by atoms with Crippen molar-refractivity contribution in [1.29, 1.82) is 0 Å². The number of benzene rings is 1. The smallest absolute Gasteiger partial charge is 0.313 e. The van der Waals surface area contributed by atoms with Crippen LogP contribution in [-0.2, 0) is 16.1 Å². The van der Waals surface area contributed by atoms with Crippen LogP contribution in [-0.4, -0.2) is 21.7 Å². The van der Waals surface area contributed by atoms with E-state index in [1.54, 1.807) is 24.4 Å². The second kappa shape index (κ2) is 6.93. The minimum atomic E-state index is -0.857. The van der Waals surface area contributed by atoms with E-state index in [2.05, 4.69) is 15.6 Å². The van der Waals surface area contributed by atoms with E-state index in [9.17, 15) is 19.7 Å². The van der Waals surface area contributed by atoms with Crippen LogP contribution in [0.5, 0.6) is 0 Å². The maximum Gasteiger partial charge on any atom is 0.313 e. The minimum Gasteiger partial charge on any atom is -0.342 e. The van der Waals surface area contributed by atoms with Gasteiger partial charge in [-0.25, -0.2) is 0 Å². The number of non-ortho nitro benzene ring substituents is 1. The first-order chi connectivity index (χ1) is 10.6. The van der Waals surface area contributed by atoms with Crippen molar-refractivity contribution in [2.24, 2.45) is 0 Å². The van der Waals surface area contributed by atoms with E-state index >= 15 is 0 Å². The molecular formula is C14H12N4O4. The van der Waals surface area contributed by atoms with Gasteiger partial charge in [-0.15, -0.1) is 0 Å². The number of rotatable bonds is 4. The Morgan fingerprint density at radius 1 is 1.09 bits per heavy atom. The number of hydrogen-bond acceptors (Lipinski definition) is 5. The molecule has 2 N–H and O–H groups in total. The largest absolute Gasteiger partial charge is 0.342 e. The Labute approximate surface area is 125 Å². The highest BCUT2D eigenvalue weighted by atomic mass is 16.6. The summed E-state index contributed by atoms with van der Waals surface area (Å²) < 4.78 is 0. The molecule has 1 aromatic heterocycles. The topological polar surface area (TPSA) is 114 Å². The summed E-state index contributed by atoms with van der Waals surface area (Å²) in [6.07, 6.45) is 1.58. The van der Waals surface area contributed by atoms with Crippen LogP contribution < -0.4 is 10.6 Å². The van der Waals surface area contributed by atoms with Crippen LogP contribution >= 0.6 is 0 Å². The minimum absolute atomic E-state index is 0.0994. The summed E-state index contributed by atoms with van der Waals surface area (Å²) in [5.74, 6) is -1.67. The van der Waals surface area contributed by atoms with Gasteiger partial charge in [0, 0.05) is 24.0 Å². The lowest BCUT2D eigenvalue weighted by atomic mass is 10.3. The molecule has 22 heavy (non-hydrogen) atoms. The van der Waals surface area contributed by atoms with Crippen LogP contribution in [0.1, 0.15) is 5.69 Å². The first-order valence-corrected chi connectivity index (χ1v) is 6.30. The van der Waals surface area contributed by atoms with Gasteiger partial charge in [0.15, 0.2) is 0 Å². The highest BCUT2D eigenvalue weighted by Gasteiger charge is 2.14. The lowest BCUT2D eigenvalue weighted by Crippen LogP contribution is -2.35. The Balaban J connectivity index is 1.88. The molecule has 0 radical (unpaired) electrons. The first-order valence-electron chi connectivity index (χ1n) is 6.30. The standard InChI is InChI=1S/C14H12N4O4/c19-13(16-9-11-3-1-2-8-15-11)14(20)17-10-4-6-12(7-5-10)18(21)22/h1-8H,9H2,(H,16,19)(H,17,20). The van der Waals surface area contributed by atoms with Crippen molar-refractivity contribution in [2.75, 3.05) is 5.32 Å². The van der Waals surface area contributed by atoms with E-state index in [-0.39, 0.29) is 12.2 Å². The van der Waals surface area contributed by atoms with Crippen molar-refractivity contribution in [1.82, 2.24) is 10.3 Å². The summed E-state index contributed by atoms with van der Waals surface area (Å²) in [4.78, 5) is 37.3. The number of nitro groups is 1. The number of anilines is 1. The Kier molecular flexibility index (Phi) is 4.76. The molecule has 2 aromatic rings. The van der Waals surface area contributed by atoms with E-state index < -0.39 is 16.7 Å². The Morgan fingerprint density at radius 3 is 2.41 bits per heavy atom. The molecule has 0 unspecified atom stereocenters. The summed E-state index contributed by atoms with van der Waals surface area (Å²) in [5.41, 5.74) is 0.820. The molecule has 112 valence electrons. The zero-order chi connectivity index (χ0) is 15.9. The highest BCUT2D eigenvalue weighted by molar-refractivity contribution is 6.39. The van der Waals surface area contributed by atoms with Gasteiger partial charge in [-0.1, -0.05) is 6.07 Å². The normalized spacial score (nSPS) is 9.82. The molecule has 0 saturated carbocycles. The van der Waals surface area contributed by atoms with Crippen molar-refractivity contribution < 1.29 is 14.5 Å².